The van der Waals surface area contributed by atoms with Gasteiger partial charge < -0.3 is 10.4 Å². The fraction of sp³-hybridized carbons (Fsp3) is 0.400. The molecule has 0 aromatic heterocycles. The van der Waals surface area contributed by atoms with E-state index in [1.54, 1.807) is 18.2 Å². The first kappa shape index (κ1) is 15.7. The van der Waals surface area contributed by atoms with Gasteiger partial charge in [0.15, 0.2) is 5.78 Å². The molecule has 0 aliphatic carbocycles. The van der Waals surface area contributed by atoms with Crippen LogP contribution in [0.3, 0.4) is 0 Å². The summed E-state index contributed by atoms with van der Waals surface area (Å²) in [4.78, 5) is 22.2. The highest BCUT2D eigenvalue weighted by Crippen LogP contribution is 2.28. The van der Waals surface area contributed by atoms with E-state index in [0.717, 1.165) is 5.56 Å². The maximum atomic E-state index is 11.8. The molecule has 0 heterocycles. The van der Waals surface area contributed by atoms with E-state index in [9.17, 15) is 9.59 Å². The topological polar surface area (TPSA) is 90.2 Å². The molecule has 0 aliphatic rings. The van der Waals surface area contributed by atoms with Crippen LogP contribution in [0, 0.1) is 17.2 Å². The van der Waals surface area contributed by atoms with Crippen LogP contribution < -0.4 is 5.32 Å². The summed E-state index contributed by atoms with van der Waals surface area (Å²) >= 11 is 0. The second-order valence-electron chi connectivity index (χ2n) is 4.99. The van der Waals surface area contributed by atoms with Gasteiger partial charge in [-0.3, -0.25) is 4.79 Å². The third-order valence-corrected chi connectivity index (χ3v) is 3.13. The summed E-state index contributed by atoms with van der Waals surface area (Å²) in [6, 6.07) is 9.26. The van der Waals surface area contributed by atoms with Gasteiger partial charge in [0, 0.05) is 6.42 Å². The molecule has 20 heavy (non-hydrogen) atoms. The number of carboxylic acid groups (broad SMARTS) is 1. The van der Waals surface area contributed by atoms with Crippen LogP contribution in [-0.4, -0.2) is 23.5 Å². The normalized spacial score (nSPS) is 11.7. The number of carbonyl (C=O) groups excluding carboxylic acids is 1. The third-order valence-electron chi connectivity index (χ3n) is 3.13. The number of amides is 1. The van der Waals surface area contributed by atoms with Crippen LogP contribution in [0.2, 0.25) is 0 Å². The molecule has 1 aromatic carbocycles. The molecule has 0 fully saturated rings. The van der Waals surface area contributed by atoms with Gasteiger partial charge in [-0.15, -0.1) is 0 Å². The Morgan fingerprint density at radius 1 is 1.40 bits per heavy atom. The van der Waals surface area contributed by atoms with E-state index in [4.69, 9.17) is 10.4 Å². The second kappa shape index (κ2) is 7.29. The SMILES string of the molecule is CC(C)[C@@H](CC(=O)CNC(=O)O)c1cccc(C#N)c1. The van der Waals surface area contributed by atoms with E-state index in [1.165, 1.54) is 0 Å². The molecule has 1 rings (SSSR count). The molecule has 0 spiro atoms. The zero-order valence-electron chi connectivity index (χ0n) is 11.6. The van der Waals surface area contributed by atoms with Crippen molar-refractivity contribution >= 4 is 11.9 Å². The molecule has 5 nitrogen and oxygen atoms in total. The van der Waals surface area contributed by atoms with Gasteiger partial charge in [-0.05, 0) is 29.5 Å². The van der Waals surface area contributed by atoms with Gasteiger partial charge >= 0.3 is 6.09 Å². The molecular weight excluding hydrogens is 256 g/mol. The van der Waals surface area contributed by atoms with Crippen molar-refractivity contribution in [2.24, 2.45) is 5.92 Å². The minimum absolute atomic E-state index is 0.0219. The lowest BCUT2D eigenvalue weighted by molar-refractivity contribution is -0.118. The number of nitriles is 1. The fourth-order valence-electron chi connectivity index (χ4n) is 2.07. The average molecular weight is 274 g/mol. The van der Waals surface area contributed by atoms with E-state index in [0.29, 0.717) is 5.56 Å². The summed E-state index contributed by atoms with van der Waals surface area (Å²) in [5, 5.41) is 19.5. The van der Waals surface area contributed by atoms with Crippen molar-refractivity contribution in [3.05, 3.63) is 35.4 Å². The molecule has 2 N–H and O–H groups in total. The molecule has 106 valence electrons. The monoisotopic (exact) mass is 274 g/mol. The van der Waals surface area contributed by atoms with Crippen molar-refractivity contribution < 1.29 is 14.7 Å². The van der Waals surface area contributed by atoms with E-state index in [-0.39, 0.29) is 30.6 Å². The van der Waals surface area contributed by atoms with Crippen molar-refractivity contribution in [3.8, 4) is 6.07 Å². The summed E-state index contributed by atoms with van der Waals surface area (Å²) in [5.74, 6) is 0.0394. The molecule has 0 unspecified atom stereocenters. The Morgan fingerprint density at radius 2 is 2.10 bits per heavy atom. The zero-order valence-corrected chi connectivity index (χ0v) is 11.6. The van der Waals surface area contributed by atoms with Crippen molar-refractivity contribution in [2.75, 3.05) is 6.54 Å². The quantitative estimate of drug-likeness (QED) is 0.834. The Bertz CT molecular complexity index is 532. The number of benzene rings is 1. The number of Topliss-reactive ketones (excluding diaryl/α,β-unsaturated/α-hetero) is 1. The highest BCUT2D eigenvalue weighted by molar-refractivity contribution is 5.84. The van der Waals surface area contributed by atoms with E-state index in [2.05, 4.69) is 11.4 Å². The number of ketones is 1. The first-order valence-electron chi connectivity index (χ1n) is 6.42. The van der Waals surface area contributed by atoms with Gasteiger partial charge in [0.25, 0.3) is 0 Å². The van der Waals surface area contributed by atoms with E-state index in [1.807, 2.05) is 19.9 Å². The predicted octanol–water partition coefficient (Wildman–Crippen LogP) is 2.52. The lowest BCUT2D eigenvalue weighted by Gasteiger charge is -2.21. The molecule has 1 atom stereocenters. The first-order valence-corrected chi connectivity index (χ1v) is 6.42. The summed E-state index contributed by atoms with van der Waals surface area (Å²) in [6.07, 6.45) is -0.946. The molecule has 0 saturated heterocycles. The maximum Gasteiger partial charge on any atom is 0.405 e. The van der Waals surface area contributed by atoms with Crippen molar-refractivity contribution in [1.82, 2.24) is 5.32 Å². The summed E-state index contributed by atoms with van der Waals surface area (Å²) in [6.45, 7) is 3.82. The summed E-state index contributed by atoms with van der Waals surface area (Å²) in [5.41, 5.74) is 1.49. The molecule has 0 saturated carbocycles. The van der Waals surface area contributed by atoms with Crippen LogP contribution in [0.4, 0.5) is 4.79 Å². The third kappa shape index (κ3) is 4.73. The van der Waals surface area contributed by atoms with E-state index >= 15 is 0 Å². The fourth-order valence-corrected chi connectivity index (χ4v) is 2.07. The molecule has 0 bridgehead atoms. The Balaban J connectivity index is 2.81. The molecule has 5 heteroatoms. The molecule has 1 amide bonds. The van der Waals surface area contributed by atoms with Crippen LogP contribution >= 0.6 is 0 Å². The van der Waals surface area contributed by atoms with Gasteiger partial charge in [0.2, 0.25) is 0 Å². The highest BCUT2D eigenvalue weighted by atomic mass is 16.4. The number of hydrogen-bond acceptors (Lipinski definition) is 3. The number of hydrogen-bond donors (Lipinski definition) is 2. The molecule has 0 aliphatic heterocycles. The van der Waals surface area contributed by atoms with Crippen molar-refractivity contribution in [1.29, 1.82) is 5.26 Å². The van der Waals surface area contributed by atoms with Gasteiger partial charge in [0.1, 0.15) is 0 Å². The lowest BCUT2D eigenvalue weighted by atomic mass is 9.84. The lowest BCUT2D eigenvalue weighted by Crippen LogP contribution is -2.29. The van der Waals surface area contributed by atoms with Crippen LogP contribution in [-0.2, 0) is 4.79 Å². The van der Waals surface area contributed by atoms with Crippen LogP contribution in [0.1, 0.15) is 37.3 Å². The number of rotatable bonds is 6. The largest absolute Gasteiger partial charge is 0.465 e. The van der Waals surface area contributed by atoms with Crippen LogP contribution in [0.5, 0.6) is 0 Å². The van der Waals surface area contributed by atoms with Gasteiger partial charge in [-0.1, -0.05) is 26.0 Å². The Morgan fingerprint density at radius 3 is 2.65 bits per heavy atom. The zero-order chi connectivity index (χ0) is 15.1. The number of nitrogens with zero attached hydrogens (tertiary/aromatic N) is 1. The predicted molar refractivity (Wildman–Crippen MR) is 74.4 cm³/mol. The first-order chi connectivity index (χ1) is 9.43. The Labute approximate surface area is 118 Å². The number of nitrogens with one attached hydrogen (secondary N) is 1. The molecule has 1 aromatic rings. The minimum atomic E-state index is -1.20. The van der Waals surface area contributed by atoms with Crippen LogP contribution in [0.25, 0.3) is 0 Å². The standard InChI is InChI=1S/C15H18N2O3/c1-10(2)14(7-13(18)9-17-15(19)20)12-5-3-4-11(6-12)8-16/h3-6,10,14,17H,7,9H2,1-2H3,(H,19,20)/t14-/m1/s1. The van der Waals surface area contributed by atoms with Crippen LogP contribution in [0.15, 0.2) is 24.3 Å². The highest BCUT2D eigenvalue weighted by Gasteiger charge is 2.20. The summed E-state index contributed by atoms with van der Waals surface area (Å²) < 4.78 is 0. The Hall–Kier alpha value is -2.35. The van der Waals surface area contributed by atoms with Gasteiger partial charge in [-0.2, -0.15) is 5.26 Å². The average Bonchev–Trinajstić information content (AvgIpc) is 2.42. The second-order valence-corrected chi connectivity index (χ2v) is 4.99. The number of carbonyl (C=O) groups is 2. The summed E-state index contributed by atoms with van der Waals surface area (Å²) in [7, 11) is 0. The van der Waals surface area contributed by atoms with Crippen molar-refractivity contribution in [3.63, 3.8) is 0 Å². The van der Waals surface area contributed by atoms with Gasteiger partial charge in [-0.25, -0.2) is 4.79 Å². The van der Waals surface area contributed by atoms with Crippen molar-refractivity contribution in [2.45, 2.75) is 26.2 Å². The maximum absolute atomic E-state index is 11.8. The molecular formula is C15H18N2O3. The molecule has 0 radical (unpaired) electrons. The van der Waals surface area contributed by atoms with E-state index < -0.39 is 6.09 Å². The smallest absolute Gasteiger partial charge is 0.405 e. The van der Waals surface area contributed by atoms with Gasteiger partial charge in [0.05, 0.1) is 18.2 Å². The Kier molecular flexibility index (Phi) is 5.73. The minimum Gasteiger partial charge on any atom is -0.465 e.